The molecule has 0 aliphatic carbocycles. The van der Waals surface area contributed by atoms with Gasteiger partial charge in [-0.25, -0.2) is 0 Å². The highest BCUT2D eigenvalue weighted by atomic mass is 16.7. The van der Waals surface area contributed by atoms with Crippen LogP contribution in [0.1, 0.15) is 16.7 Å². The van der Waals surface area contributed by atoms with Gasteiger partial charge in [0.25, 0.3) is 5.69 Å². The van der Waals surface area contributed by atoms with Crippen LogP contribution in [0, 0.1) is 10.1 Å². The maximum absolute atomic E-state index is 12.3. The number of nitro benzene ring substituents is 1. The summed E-state index contributed by atoms with van der Waals surface area (Å²) in [6, 6.07) is 19.7. The molecule has 0 saturated heterocycles. The molecule has 31 heavy (non-hydrogen) atoms. The summed E-state index contributed by atoms with van der Waals surface area (Å²) in [6.45, 7) is 1.11. The van der Waals surface area contributed by atoms with Crippen molar-refractivity contribution < 1.29 is 19.2 Å². The van der Waals surface area contributed by atoms with Crippen LogP contribution in [0.3, 0.4) is 0 Å². The first-order valence-corrected chi connectivity index (χ1v) is 9.78. The van der Waals surface area contributed by atoms with Crippen molar-refractivity contribution in [2.45, 2.75) is 19.5 Å². The molecule has 2 N–H and O–H groups in total. The summed E-state index contributed by atoms with van der Waals surface area (Å²) in [6.07, 6.45) is 0.274. The third-order valence-corrected chi connectivity index (χ3v) is 4.86. The van der Waals surface area contributed by atoms with Crippen molar-refractivity contribution >= 4 is 17.3 Å². The Morgan fingerprint density at radius 3 is 2.45 bits per heavy atom. The van der Waals surface area contributed by atoms with Gasteiger partial charge in [-0.1, -0.05) is 30.3 Å². The summed E-state index contributed by atoms with van der Waals surface area (Å²) in [5, 5.41) is 17.0. The molecule has 0 unspecified atom stereocenters. The van der Waals surface area contributed by atoms with E-state index in [1.807, 2.05) is 48.5 Å². The Hall–Kier alpha value is -4.07. The number of non-ortho nitro benzene ring substituents is 1. The number of ether oxygens (including phenoxy) is 2. The van der Waals surface area contributed by atoms with Crippen molar-refractivity contribution in [3.05, 3.63) is 93.5 Å². The third-order valence-electron chi connectivity index (χ3n) is 4.86. The first-order chi connectivity index (χ1) is 15.1. The third kappa shape index (κ3) is 5.30. The van der Waals surface area contributed by atoms with E-state index < -0.39 is 4.92 Å². The van der Waals surface area contributed by atoms with E-state index in [4.69, 9.17) is 9.47 Å². The van der Waals surface area contributed by atoms with Gasteiger partial charge in [-0.15, -0.1) is 0 Å². The minimum absolute atomic E-state index is 0.0707. The number of hydrogen-bond acceptors (Lipinski definition) is 6. The highest BCUT2D eigenvalue weighted by Crippen LogP contribution is 2.32. The van der Waals surface area contributed by atoms with Crippen molar-refractivity contribution in [1.29, 1.82) is 0 Å². The largest absolute Gasteiger partial charge is 0.454 e. The van der Waals surface area contributed by atoms with Gasteiger partial charge in [0.2, 0.25) is 12.7 Å². The summed E-state index contributed by atoms with van der Waals surface area (Å²) in [7, 11) is 0. The fourth-order valence-electron chi connectivity index (χ4n) is 3.22. The number of nitro groups is 1. The monoisotopic (exact) mass is 419 g/mol. The smallest absolute Gasteiger partial charge is 0.269 e. The van der Waals surface area contributed by atoms with Gasteiger partial charge in [0.1, 0.15) is 0 Å². The zero-order valence-corrected chi connectivity index (χ0v) is 16.7. The van der Waals surface area contributed by atoms with Crippen LogP contribution in [-0.2, 0) is 24.3 Å². The van der Waals surface area contributed by atoms with Gasteiger partial charge < -0.3 is 20.1 Å². The molecule has 0 aromatic heterocycles. The molecular weight excluding hydrogens is 398 g/mol. The summed E-state index contributed by atoms with van der Waals surface area (Å²) < 4.78 is 10.6. The van der Waals surface area contributed by atoms with E-state index in [1.165, 1.54) is 6.07 Å². The molecular formula is C23H21N3O5. The number of carbonyl (C=O) groups is 1. The second-order valence-corrected chi connectivity index (χ2v) is 7.12. The molecule has 0 atom stereocenters. The van der Waals surface area contributed by atoms with E-state index in [2.05, 4.69) is 10.6 Å². The number of rotatable bonds is 8. The van der Waals surface area contributed by atoms with Gasteiger partial charge in [0, 0.05) is 30.9 Å². The van der Waals surface area contributed by atoms with Crippen molar-refractivity contribution in [2.24, 2.45) is 0 Å². The summed E-state index contributed by atoms with van der Waals surface area (Å²) in [5.74, 6) is 1.34. The molecule has 0 bridgehead atoms. The predicted octanol–water partition coefficient (Wildman–Crippen LogP) is 3.79. The number of hydrogen-bond donors (Lipinski definition) is 2. The Kier molecular flexibility index (Phi) is 5.98. The first-order valence-electron chi connectivity index (χ1n) is 9.78. The van der Waals surface area contributed by atoms with E-state index >= 15 is 0 Å². The van der Waals surface area contributed by atoms with Crippen molar-refractivity contribution in [3.63, 3.8) is 0 Å². The lowest BCUT2D eigenvalue weighted by molar-refractivity contribution is -0.384. The second kappa shape index (κ2) is 9.17. The first kappa shape index (κ1) is 20.2. The van der Waals surface area contributed by atoms with E-state index in [0.29, 0.717) is 24.6 Å². The predicted molar refractivity (Wildman–Crippen MR) is 115 cm³/mol. The molecule has 1 heterocycles. The molecule has 158 valence electrons. The van der Waals surface area contributed by atoms with Crippen LogP contribution in [-0.4, -0.2) is 17.6 Å². The van der Waals surface area contributed by atoms with Gasteiger partial charge in [0.15, 0.2) is 11.5 Å². The highest BCUT2D eigenvalue weighted by molar-refractivity contribution is 5.78. The van der Waals surface area contributed by atoms with Crippen molar-refractivity contribution in [3.8, 4) is 11.5 Å². The molecule has 8 heteroatoms. The molecule has 0 spiro atoms. The van der Waals surface area contributed by atoms with Gasteiger partial charge in [0.05, 0.1) is 11.3 Å². The minimum Gasteiger partial charge on any atom is -0.454 e. The molecule has 3 aromatic carbocycles. The molecule has 0 radical (unpaired) electrons. The summed E-state index contributed by atoms with van der Waals surface area (Å²) in [5.41, 5.74) is 3.60. The van der Waals surface area contributed by atoms with Gasteiger partial charge in [-0.2, -0.15) is 0 Å². The lowest BCUT2D eigenvalue weighted by Gasteiger charge is -2.09. The van der Waals surface area contributed by atoms with Gasteiger partial charge in [-0.05, 0) is 41.0 Å². The van der Waals surface area contributed by atoms with Gasteiger partial charge in [-0.3, -0.25) is 14.9 Å². The quantitative estimate of drug-likeness (QED) is 0.425. The Morgan fingerprint density at radius 2 is 1.65 bits per heavy atom. The number of carbonyl (C=O) groups excluding carboxylic acids is 1. The zero-order chi connectivity index (χ0) is 21.6. The molecule has 4 rings (SSSR count). The molecule has 8 nitrogen and oxygen atoms in total. The maximum Gasteiger partial charge on any atom is 0.269 e. The van der Waals surface area contributed by atoms with Gasteiger partial charge >= 0.3 is 0 Å². The fourth-order valence-corrected chi connectivity index (χ4v) is 3.22. The molecule has 0 saturated carbocycles. The molecule has 3 aromatic rings. The van der Waals surface area contributed by atoms with Crippen LogP contribution in [0.25, 0.3) is 0 Å². The topological polar surface area (TPSA) is 103 Å². The highest BCUT2D eigenvalue weighted by Gasteiger charge is 2.13. The standard InChI is InChI=1S/C23H21N3O5/c27-23(25-14-18-6-9-21-22(11-18)31-15-30-21)12-16-4-7-19(8-5-16)24-13-17-2-1-3-20(10-17)26(28)29/h1-11,24H,12-15H2,(H,25,27). The van der Waals surface area contributed by atoms with E-state index in [0.717, 1.165) is 22.4 Å². The lowest BCUT2D eigenvalue weighted by atomic mass is 10.1. The number of nitrogens with zero attached hydrogens (tertiary/aromatic N) is 1. The molecule has 0 fully saturated rings. The van der Waals surface area contributed by atoms with Crippen molar-refractivity contribution in [1.82, 2.24) is 5.32 Å². The van der Waals surface area contributed by atoms with Crippen LogP contribution in [0.4, 0.5) is 11.4 Å². The Bertz CT molecular complexity index is 1100. The normalized spacial score (nSPS) is 11.7. The summed E-state index contributed by atoms with van der Waals surface area (Å²) in [4.78, 5) is 22.7. The lowest BCUT2D eigenvalue weighted by Crippen LogP contribution is -2.24. The molecule has 1 amide bonds. The van der Waals surface area contributed by atoms with E-state index in [-0.39, 0.29) is 24.8 Å². The van der Waals surface area contributed by atoms with Crippen LogP contribution < -0.4 is 20.1 Å². The number of fused-ring (bicyclic) bond motifs is 1. The molecule has 1 aliphatic heterocycles. The average molecular weight is 419 g/mol. The van der Waals surface area contributed by atoms with Crippen molar-refractivity contribution in [2.75, 3.05) is 12.1 Å². The second-order valence-electron chi connectivity index (χ2n) is 7.12. The Labute approximate surface area is 179 Å². The zero-order valence-electron chi connectivity index (χ0n) is 16.7. The van der Waals surface area contributed by atoms with E-state index in [1.54, 1.807) is 12.1 Å². The van der Waals surface area contributed by atoms with E-state index in [9.17, 15) is 14.9 Å². The van der Waals surface area contributed by atoms with Crippen LogP contribution in [0.15, 0.2) is 66.7 Å². The average Bonchev–Trinajstić information content (AvgIpc) is 3.25. The number of anilines is 1. The fraction of sp³-hybridized carbons (Fsp3) is 0.174. The Morgan fingerprint density at radius 1 is 0.903 bits per heavy atom. The molecule has 1 aliphatic rings. The Balaban J connectivity index is 1.25. The van der Waals surface area contributed by atoms with Crippen LogP contribution >= 0.6 is 0 Å². The van der Waals surface area contributed by atoms with Crippen LogP contribution in [0.5, 0.6) is 11.5 Å². The maximum atomic E-state index is 12.3. The minimum atomic E-state index is -0.407. The summed E-state index contributed by atoms with van der Waals surface area (Å²) >= 11 is 0. The number of nitrogens with one attached hydrogen (secondary N) is 2. The number of benzene rings is 3. The SMILES string of the molecule is O=C(Cc1ccc(NCc2cccc([N+](=O)[O-])c2)cc1)NCc1ccc2c(c1)OCO2. The van der Waals surface area contributed by atoms with Crippen LogP contribution in [0.2, 0.25) is 0 Å². The number of amides is 1.